The van der Waals surface area contributed by atoms with Crippen molar-refractivity contribution < 1.29 is 14.4 Å². The summed E-state index contributed by atoms with van der Waals surface area (Å²) in [6.07, 6.45) is 3.12. The van der Waals surface area contributed by atoms with Gasteiger partial charge in [0.2, 0.25) is 5.91 Å². The second-order valence-electron chi connectivity index (χ2n) is 5.77. The molecular weight excluding hydrogens is 346 g/mol. The molecule has 4 rings (SSSR count). The maximum atomic E-state index is 12.9. The van der Waals surface area contributed by atoms with Crippen molar-refractivity contribution in [3.8, 4) is 0 Å². The van der Waals surface area contributed by atoms with Crippen LogP contribution in [0, 0.1) is 0 Å². The predicted octanol–water partition coefficient (Wildman–Crippen LogP) is 4.18. The van der Waals surface area contributed by atoms with E-state index in [1.165, 1.54) is 17.4 Å². The van der Waals surface area contributed by atoms with E-state index in [1.54, 1.807) is 48.5 Å². The van der Waals surface area contributed by atoms with Gasteiger partial charge in [0, 0.05) is 27.6 Å². The Morgan fingerprint density at radius 1 is 0.846 bits per heavy atom. The highest BCUT2D eigenvalue weighted by Crippen LogP contribution is 2.31. The smallest absolute Gasteiger partial charge is 0.248 e. The van der Waals surface area contributed by atoms with Crippen LogP contribution in [0.3, 0.4) is 0 Å². The lowest BCUT2D eigenvalue weighted by atomic mass is 9.83. The minimum atomic E-state index is -0.356. The standard InChI is InChI=1S/C21H13NO3S/c23-18(11-10-13-5-4-12-26-13)22-17-9-3-8-16-19(17)21(25)15-7-2-1-6-14(15)20(16)24/h1-12H,(H,22,23). The van der Waals surface area contributed by atoms with Gasteiger partial charge < -0.3 is 5.32 Å². The third kappa shape index (κ3) is 2.78. The fourth-order valence-corrected chi connectivity index (χ4v) is 3.59. The molecule has 0 fully saturated rings. The van der Waals surface area contributed by atoms with Crippen LogP contribution in [0.25, 0.3) is 6.08 Å². The molecule has 0 spiro atoms. The van der Waals surface area contributed by atoms with Crippen LogP contribution in [0.15, 0.2) is 66.1 Å². The first-order valence-corrected chi connectivity index (χ1v) is 8.87. The van der Waals surface area contributed by atoms with E-state index < -0.39 is 0 Å². The maximum Gasteiger partial charge on any atom is 0.248 e. The van der Waals surface area contributed by atoms with Crippen molar-refractivity contribution in [1.82, 2.24) is 0 Å². The van der Waals surface area contributed by atoms with Gasteiger partial charge in [-0.1, -0.05) is 42.5 Å². The molecule has 3 aromatic rings. The Hall–Kier alpha value is -3.31. The second-order valence-corrected chi connectivity index (χ2v) is 6.75. The lowest BCUT2D eigenvalue weighted by Gasteiger charge is -2.20. The van der Waals surface area contributed by atoms with Crippen LogP contribution in [0.2, 0.25) is 0 Å². The average Bonchev–Trinajstić information content (AvgIpc) is 3.18. The third-order valence-corrected chi connectivity index (χ3v) is 4.99. The van der Waals surface area contributed by atoms with Crippen molar-refractivity contribution in [2.75, 3.05) is 5.32 Å². The van der Waals surface area contributed by atoms with Gasteiger partial charge in [-0.3, -0.25) is 14.4 Å². The summed E-state index contributed by atoms with van der Waals surface area (Å²) in [5.74, 6) is -0.820. The molecule has 0 saturated carbocycles. The summed E-state index contributed by atoms with van der Waals surface area (Å²) >= 11 is 1.52. The molecule has 1 N–H and O–H groups in total. The van der Waals surface area contributed by atoms with Crippen molar-refractivity contribution >= 4 is 40.6 Å². The molecule has 1 aliphatic carbocycles. The van der Waals surface area contributed by atoms with E-state index >= 15 is 0 Å². The van der Waals surface area contributed by atoms with E-state index in [0.717, 1.165) is 4.88 Å². The molecule has 0 aliphatic heterocycles. The van der Waals surface area contributed by atoms with E-state index in [0.29, 0.717) is 22.4 Å². The number of fused-ring (bicyclic) bond motifs is 2. The molecule has 1 amide bonds. The van der Waals surface area contributed by atoms with Crippen LogP contribution in [0.1, 0.15) is 36.7 Å². The van der Waals surface area contributed by atoms with E-state index in [4.69, 9.17) is 0 Å². The van der Waals surface area contributed by atoms with Gasteiger partial charge in [-0.25, -0.2) is 0 Å². The van der Waals surface area contributed by atoms with Gasteiger partial charge in [0.1, 0.15) is 0 Å². The number of carbonyl (C=O) groups excluding carboxylic acids is 3. The van der Waals surface area contributed by atoms with Crippen molar-refractivity contribution in [3.05, 3.63) is 93.2 Å². The Bertz CT molecular complexity index is 1060. The van der Waals surface area contributed by atoms with Gasteiger partial charge in [-0.2, -0.15) is 0 Å². The third-order valence-electron chi connectivity index (χ3n) is 4.15. The normalized spacial score (nSPS) is 12.8. The topological polar surface area (TPSA) is 63.2 Å². The Balaban J connectivity index is 1.68. The SMILES string of the molecule is O=C(C=Cc1cccs1)Nc1cccc2c1C(=O)c1ccccc1C2=O. The fourth-order valence-electron chi connectivity index (χ4n) is 2.97. The summed E-state index contributed by atoms with van der Waals surface area (Å²) in [7, 11) is 0. The van der Waals surface area contributed by atoms with Crippen LogP contribution in [-0.4, -0.2) is 17.5 Å². The highest BCUT2D eigenvalue weighted by atomic mass is 32.1. The Kier molecular flexibility index (Phi) is 4.07. The molecule has 1 heterocycles. The van der Waals surface area contributed by atoms with Crippen LogP contribution in [-0.2, 0) is 4.79 Å². The lowest BCUT2D eigenvalue weighted by molar-refractivity contribution is -0.111. The zero-order valence-electron chi connectivity index (χ0n) is 13.6. The van der Waals surface area contributed by atoms with E-state index in [2.05, 4.69) is 5.32 Å². The number of anilines is 1. The summed E-state index contributed by atoms with van der Waals surface area (Å²) in [5, 5.41) is 4.64. The largest absolute Gasteiger partial charge is 0.322 e. The summed E-state index contributed by atoms with van der Waals surface area (Å²) in [6, 6.07) is 15.4. The number of ketones is 2. The summed E-state index contributed by atoms with van der Waals surface area (Å²) in [6.45, 7) is 0. The first kappa shape index (κ1) is 16.2. The lowest BCUT2D eigenvalue weighted by Crippen LogP contribution is -2.23. The summed E-state index contributed by atoms with van der Waals surface area (Å²) in [5.41, 5.74) is 1.66. The van der Waals surface area contributed by atoms with Gasteiger partial charge in [0.15, 0.2) is 11.6 Å². The molecule has 5 heteroatoms. The average molecular weight is 359 g/mol. The molecule has 1 aliphatic rings. The van der Waals surface area contributed by atoms with Crippen molar-refractivity contribution in [2.45, 2.75) is 0 Å². The van der Waals surface area contributed by atoms with Crippen LogP contribution < -0.4 is 5.32 Å². The molecular formula is C21H13NO3S. The molecule has 126 valence electrons. The van der Waals surface area contributed by atoms with Crippen LogP contribution in [0.5, 0.6) is 0 Å². The van der Waals surface area contributed by atoms with Gasteiger partial charge in [0.25, 0.3) is 0 Å². The first-order valence-electron chi connectivity index (χ1n) is 7.99. The minimum absolute atomic E-state index is 0.208. The van der Waals surface area contributed by atoms with Gasteiger partial charge in [-0.05, 0) is 23.6 Å². The molecule has 0 atom stereocenters. The minimum Gasteiger partial charge on any atom is -0.322 e. The monoisotopic (exact) mass is 359 g/mol. The van der Waals surface area contributed by atoms with Gasteiger partial charge in [0.05, 0.1) is 11.3 Å². The number of nitrogens with one attached hydrogen (secondary N) is 1. The molecule has 2 aromatic carbocycles. The van der Waals surface area contributed by atoms with Crippen molar-refractivity contribution in [3.63, 3.8) is 0 Å². The number of amides is 1. The van der Waals surface area contributed by atoms with E-state index in [9.17, 15) is 14.4 Å². The molecule has 4 nitrogen and oxygen atoms in total. The van der Waals surface area contributed by atoms with Crippen molar-refractivity contribution in [1.29, 1.82) is 0 Å². The zero-order valence-corrected chi connectivity index (χ0v) is 14.4. The van der Waals surface area contributed by atoms with Crippen molar-refractivity contribution in [2.24, 2.45) is 0 Å². The van der Waals surface area contributed by atoms with Crippen LogP contribution >= 0.6 is 11.3 Å². The number of rotatable bonds is 3. The summed E-state index contributed by atoms with van der Waals surface area (Å²) < 4.78 is 0. The molecule has 0 unspecified atom stereocenters. The van der Waals surface area contributed by atoms with E-state index in [1.807, 2.05) is 17.5 Å². The number of benzene rings is 2. The molecule has 26 heavy (non-hydrogen) atoms. The molecule has 0 radical (unpaired) electrons. The Morgan fingerprint density at radius 2 is 1.58 bits per heavy atom. The highest BCUT2D eigenvalue weighted by molar-refractivity contribution is 7.10. The number of carbonyl (C=O) groups is 3. The fraction of sp³-hybridized carbons (Fsp3) is 0. The number of hydrogen-bond acceptors (Lipinski definition) is 4. The highest BCUT2D eigenvalue weighted by Gasteiger charge is 2.31. The first-order chi connectivity index (χ1) is 12.6. The number of thiophene rings is 1. The Labute approximate surface area is 153 Å². The molecule has 0 bridgehead atoms. The maximum absolute atomic E-state index is 12.9. The van der Waals surface area contributed by atoms with Gasteiger partial charge in [-0.15, -0.1) is 11.3 Å². The molecule has 0 saturated heterocycles. The predicted molar refractivity (Wildman–Crippen MR) is 102 cm³/mol. The Morgan fingerprint density at radius 3 is 2.31 bits per heavy atom. The summed E-state index contributed by atoms with van der Waals surface area (Å²) in [4.78, 5) is 38.8. The second kappa shape index (κ2) is 6.54. The zero-order chi connectivity index (χ0) is 18.1. The molecule has 1 aromatic heterocycles. The van der Waals surface area contributed by atoms with Gasteiger partial charge >= 0.3 is 0 Å². The number of hydrogen-bond donors (Lipinski definition) is 1. The van der Waals surface area contributed by atoms with E-state index in [-0.39, 0.29) is 23.0 Å². The van der Waals surface area contributed by atoms with Crippen LogP contribution in [0.4, 0.5) is 5.69 Å². The quantitative estimate of drug-likeness (QED) is 0.558.